The van der Waals surface area contributed by atoms with Gasteiger partial charge in [0, 0.05) is 12.7 Å². The molecule has 5 heteroatoms. The summed E-state index contributed by atoms with van der Waals surface area (Å²) in [6.07, 6.45) is 3.41. The molecule has 1 amide bonds. The van der Waals surface area contributed by atoms with Crippen LogP contribution in [0.3, 0.4) is 0 Å². The molecule has 5 nitrogen and oxygen atoms in total. The summed E-state index contributed by atoms with van der Waals surface area (Å²) in [7, 11) is 0. The summed E-state index contributed by atoms with van der Waals surface area (Å²) in [5, 5.41) is 6.13. The largest absolute Gasteiger partial charge is 0.350 e. The number of aromatic nitrogens is 2. The van der Waals surface area contributed by atoms with Gasteiger partial charge in [0.15, 0.2) is 0 Å². The zero-order valence-corrected chi connectivity index (χ0v) is 10.2. The highest BCUT2D eigenvalue weighted by atomic mass is 16.1. The van der Waals surface area contributed by atoms with Crippen LogP contribution in [0.25, 0.3) is 0 Å². The fraction of sp³-hybridized carbons (Fsp3) is 0.583. The number of amides is 1. The molecule has 17 heavy (non-hydrogen) atoms. The molecule has 92 valence electrons. The highest BCUT2D eigenvalue weighted by Gasteiger charge is 2.29. The molecule has 0 aromatic carbocycles. The number of carbonyl (C=O) groups excluding carboxylic acids is 1. The Balaban J connectivity index is 1.85. The van der Waals surface area contributed by atoms with Crippen molar-refractivity contribution in [1.29, 1.82) is 0 Å². The van der Waals surface area contributed by atoms with Crippen molar-refractivity contribution in [3.8, 4) is 0 Å². The third-order valence-corrected chi connectivity index (χ3v) is 3.13. The maximum atomic E-state index is 11.9. The van der Waals surface area contributed by atoms with Gasteiger partial charge in [-0.05, 0) is 19.4 Å². The van der Waals surface area contributed by atoms with Crippen LogP contribution in [0.5, 0.6) is 0 Å². The Morgan fingerprint density at radius 2 is 2.29 bits per heavy atom. The first kappa shape index (κ1) is 12.0. The van der Waals surface area contributed by atoms with Gasteiger partial charge in [-0.2, -0.15) is 0 Å². The first-order valence-corrected chi connectivity index (χ1v) is 5.93. The SMILES string of the molecule is Cc1cnc(CNC(=O)[C@@H]2CNC[C@H]2C)cn1. The molecule has 2 N–H and O–H groups in total. The van der Waals surface area contributed by atoms with E-state index in [4.69, 9.17) is 0 Å². The Morgan fingerprint density at radius 3 is 2.88 bits per heavy atom. The van der Waals surface area contributed by atoms with Crippen LogP contribution >= 0.6 is 0 Å². The number of hydrogen-bond donors (Lipinski definition) is 2. The Labute approximate surface area is 101 Å². The lowest BCUT2D eigenvalue weighted by Gasteiger charge is -2.13. The molecule has 2 rings (SSSR count). The number of nitrogens with zero attached hydrogens (tertiary/aromatic N) is 2. The van der Waals surface area contributed by atoms with Gasteiger partial charge >= 0.3 is 0 Å². The first-order chi connectivity index (χ1) is 8.16. The third-order valence-electron chi connectivity index (χ3n) is 3.13. The lowest BCUT2D eigenvalue weighted by Crippen LogP contribution is -2.34. The molecule has 0 radical (unpaired) electrons. The lowest BCUT2D eigenvalue weighted by molar-refractivity contribution is -0.125. The van der Waals surface area contributed by atoms with Gasteiger partial charge in [0.25, 0.3) is 0 Å². The number of carbonyl (C=O) groups is 1. The zero-order valence-electron chi connectivity index (χ0n) is 10.2. The number of hydrogen-bond acceptors (Lipinski definition) is 4. The van der Waals surface area contributed by atoms with Crippen molar-refractivity contribution in [3.05, 3.63) is 23.8 Å². The second-order valence-electron chi connectivity index (χ2n) is 4.61. The van der Waals surface area contributed by atoms with E-state index in [0.717, 1.165) is 24.5 Å². The molecule has 0 aliphatic carbocycles. The summed E-state index contributed by atoms with van der Waals surface area (Å²) >= 11 is 0. The topological polar surface area (TPSA) is 66.9 Å². The third kappa shape index (κ3) is 3.00. The minimum absolute atomic E-state index is 0.0772. The van der Waals surface area contributed by atoms with Gasteiger partial charge in [-0.3, -0.25) is 14.8 Å². The number of nitrogens with one attached hydrogen (secondary N) is 2. The normalized spacial score (nSPS) is 23.6. The summed E-state index contributed by atoms with van der Waals surface area (Å²) in [4.78, 5) is 20.2. The lowest BCUT2D eigenvalue weighted by atomic mass is 9.97. The van der Waals surface area contributed by atoms with Crippen molar-refractivity contribution in [2.75, 3.05) is 13.1 Å². The van der Waals surface area contributed by atoms with Gasteiger partial charge in [0.2, 0.25) is 5.91 Å². The van der Waals surface area contributed by atoms with Gasteiger partial charge in [-0.25, -0.2) is 0 Å². The van der Waals surface area contributed by atoms with E-state index in [1.54, 1.807) is 12.4 Å². The predicted molar refractivity (Wildman–Crippen MR) is 64.1 cm³/mol. The molecule has 1 aromatic rings. The van der Waals surface area contributed by atoms with Gasteiger partial charge in [-0.1, -0.05) is 6.92 Å². The van der Waals surface area contributed by atoms with Crippen LogP contribution in [-0.4, -0.2) is 29.0 Å². The van der Waals surface area contributed by atoms with Crippen LogP contribution in [0.4, 0.5) is 0 Å². The summed E-state index contributed by atoms with van der Waals surface area (Å²) in [6.45, 7) is 6.13. The van der Waals surface area contributed by atoms with Crippen molar-refractivity contribution >= 4 is 5.91 Å². The van der Waals surface area contributed by atoms with E-state index in [-0.39, 0.29) is 11.8 Å². The van der Waals surface area contributed by atoms with Crippen LogP contribution in [0.15, 0.2) is 12.4 Å². The summed E-state index contributed by atoms with van der Waals surface area (Å²) in [5.41, 5.74) is 1.68. The molecule has 0 saturated carbocycles. The Morgan fingerprint density at radius 1 is 1.47 bits per heavy atom. The van der Waals surface area contributed by atoms with E-state index in [2.05, 4.69) is 27.5 Å². The molecule has 0 bridgehead atoms. The molecule has 0 spiro atoms. The molecular formula is C12H18N4O. The molecule has 2 heterocycles. The van der Waals surface area contributed by atoms with Gasteiger partial charge in [0.05, 0.1) is 30.0 Å². The molecule has 1 aliphatic heterocycles. The van der Waals surface area contributed by atoms with E-state index in [0.29, 0.717) is 12.5 Å². The molecule has 0 unspecified atom stereocenters. The minimum atomic E-state index is 0.0772. The van der Waals surface area contributed by atoms with Crippen LogP contribution in [0, 0.1) is 18.8 Å². The molecule has 1 fully saturated rings. The van der Waals surface area contributed by atoms with Crippen LogP contribution in [-0.2, 0) is 11.3 Å². The second kappa shape index (κ2) is 5.23. The van der Waals surface area contributed by atoms with Crippen molar-refractivity contribution in [1.82, 2.24) is 20.6 Å². The van der Waals surface area contributed by atoms with E-state index in [9.17, 15) is 4.79 Å². The van der Waals surface area contributed by atoms with Crippen LogP contribution in [0.1, 0.15) is 18.3 Å². The van der Waals surface area contributed by atoms with Crippen molar-refractivity contribution in [2.24, 2.45) is 11.8 Å². The van der Waals surface area contributed by atoms with E-state index in [1.165, 1.54) is 0 Å². The van der Waals surface area contributed by atoms with Gasteiger partial charge in [0.1, 0.15) is 0 Å². The predicted octanol–water partition coefficient (Wildman–Crippen LogP) is 0.257. The fourth-order valence-corrected chi connectivity index (χ4v) is 1.98. The Hall–Kier alpha value is -1.49. The average molecular weight is 234 g/mol. The number of rotatable bonds is 3. The molecule has 2 atom stereocenters. The van der Waals surface area contributed by atoms with Crippen molar-refractivity contribution in [2.45, 2.75) is 20.4 Å². The zero-order chi connectivity index (χ0) is 12.3. The first-order valence-electron chi connectivity index (χ1n) is 5.93. The van der Waals surface area contributed by atoms with E-state index in [1.807, 2.05) is 6.92 Å². The van der Waals surface area contributed by atoms with Crippen LogP contribution in [0.2, 0.25) is 0 Å². The van der Waals surface area contributed by atoms with Gasteiger partial charge in [-0.15, -0.1) is 0 Å². The highest BCUT2D eigenvalue weighted by Crippen LogP contribution is 2.15. The van der Waals surface area contributed by atoms with Crippen LogP contribution < -0.4 is 10.6 Å². The number of aryl methyl sites for hydroxylation is 1. The monoisotopic (exact) mass is 234 g/mol. The fourth-order valence-electron chi connectivity index (χ4n) is 1.98. The van der Waals surface area contributed by atoms with Gasteiger partial charge < -0.3 is 10.6 Å². The molecule has 1 aromatic heterocycles. The smallest absolute Gasteiger partial charge is 0.225 e. The molecule has 1 aliphatic rings. The molecular weight excluding hydrogens is 216 g/mol. The second-order valence-corrected chi connectivity index (χ2v) is 4.61. The van der Waals surface area contributed by atoms with Crippen molar-refractivity contribution in [3.63, 3.8) is 0 Å². The quantitative estimate of drug-likeness (QED) is 0.787. The minimum Gasteiger partial charge on any atom is -0.350 e. The summed E-state index contributed by atoms with van der Waals surface area (Å²) in [6, 6.07) is 0. The Bertz CT molecular complexity index is 390. The van der Waals surface area contributed by atoms with E-state index < -0.39 is 0 Å². The summed E-state index contributed by atoms with van der Waals surface area (Å²) in [5.74, 6) is 0.581. The maximum absolute atomic E-state index is 11.9. The van der Waals surface area contributed by atoms with Crippen molar-refractivity contribution < 1.29 is 4.79 Å². The molecule has 1 saturated heterocycles. The summed E-state index contributed by atoms with van der Waals surface area (Å²) < 4.78 is 0. The van der Waals surface area contributed by atoms with E-state index >= 15 is 0 Å². The Kier molecular flexibility index (Phi) is 3.68. The maximum Gasteiger partial charge on any atom is 0.225 e. The standard InChI is InChI=1S/C12H18N4O/c1-8-3-13-7-11(8)12(17)16-6-10-5-14-9(2)4-15-10/h4-5,8,11,13H,3,6-7H2,1-2H3,(H,16,17)/t8-,11-/m1/s1. The highest BCUT2D eigenvalue weighted by molar-refractivity contribution is 5.79. The average Bonchev–Trinajstić information content (AvgIpc) is 2.74.